The average Bonchev–Trinajstić information content (AvgIpc) is 3.49. The van der Waals surface area contributed by atoms with Gasteiger partial charge in [0.15, 0.2) is 0 Å². The number of carbonyl (C=O) groups is 2. The molecule has 1 unspecified atom stereocenters. The molecule has 0 saturated heterocycles. The Bertz CT molecular complexity index is 1280. The first-order chi connectivity index (χ1) is 16.5. The summed E-state index contributed by atoms with van der Waals surface area (Å²) in [5.74, 6) is -0.529. The first kappa shape index (κ1) is 23.6. The van der Waals surface area contributed by atoms with Crippen molar-refractivity contribution in [1.82, 2.24) is 20.3 Å². The summed E-state index contributed by atoms with van der Waals surface area (Å²) in [6, 6.07) is 16.3. The van der Waals surface area contributed by atoms with Gasteiger partial charge < -0.3 is 10.1 Å². The molecule has 34 heavy (non-hydrogen) atoms. The van der Waals surface area contributed by atoms with Crippen molar-refractivity contribution < 1.29 is 14.3 Å². The molecule has 0 spiro atoms. The number of nitrogens with zero attached hydrogens (tertiary/aromatic N) is 4. The van der Waals surface area contributed by atoms with E-state index in [-0.39, 0.29) is 18.4 Å². The van der Waals surface area contributed by atoms with E-state index in [0.29, 0.717) is 24.4 Å². The Labute approximate surface area is 202 Å². The van der Waals surface area contributed by atoms with Crippen LogP contribution in [0.5, 0.6) is 0 Å². The molecule has 0 saturated carbocycles. The highest BCUT2D eigenvalue weighted by Crippen LogP contribution is 2.33. The summed E-state index contributed by atoms with van der Waals surface area (Å²) < 4.78 is 6.66. The van der Waals surface area contributed by atoms with Gasteiger partial charge in [-0.15, -0.1) is 16.4 Å². The van der Waals surface area contributed by atoms with Crippen LogP contribution in [0.25, 0.3) is 11.0 Å². The van der Waals surface area contributed by atoms with Crippen LogP contribution < -0.4 is 10.2 Å². The van der Waals surface area contributed by atoms with Gasteiger partial charge in [0.2, 0.25) is 11.8 Å². The smallest absolute Gasteiger partial charge is 0.249 e. The fraction of sp³-hybridized carbons (Fsp3) is 0.280. The molecule has 0 aliphatic rings. The normalized spacial score (nSPS) is 12.0. The number of hydrogen-bond donors (Lipinski definition) is 1. The number of amides is 2. The van der Waals surface area contributed by atoms with Crippen molar-refractivity contribution in [2.75, 3.05) is 25.2 Å². The Kier molecular flexibility index (Phi) is 7.34. The third kappa shape index (κ3) is 5.00. The lowest BCUT2D eigenvalue weighted by Crippen LogP contribution is -2.46. The second-order valence-corrected chi connectivity index (χ2v) is 8.97. The maximum absolute atomic E-state index is 13.9. The lowest BCUT2D eigenvalue weighted by molar-refractivity contribution is -0.127. The number of methoxy groups -OCH3 is 1. The van der Waals surface area contributed by atoms with E-state index in [4.69, 9.17) is 4.74 Å². The molecule has 0 aliphatic carbocycles. The number of anilines is 1. The number of fused-ring (bicyclic) bond motifs is 1. The van der Waals surface area contributed by atoms with E-state index in [1.165, 1.54) is 11.3 Å². The first-order valence-electron chi connectivity index (χ1n) is 11.0. The Morgan fingerprint density at radius 3 is 2.71 bits per heavy atom. The minimum Gasteiger partial charge on any atom is -0.383 e. The number of para-hydroxylation sites is 1. The predicted molar refractivity (Wildman–Crippen MR) is 133 cm³/mol. The van der Waals surface area contributed by atoms with Crippen LogP contribution in [0.4, 0.5) is 5.69 Å². The highest BCUT2D eigenvalue weighted by atomic mass is 32.1. The number of carbonyl (C=O) groups excluding carboxylic acids is 2. The molecular weight excluding hydrogens is 450 g/mol. The predicted octanol–water partition coefficient (Wildman–Crippen LogP) is 3.65. The number of aromatic nitrogens is 3. The van der Waals surface area contributed by atoms with Crippen LogP contribution in [-0.2, 0) is 20.9 Å². The Morgan fingerprint density at radius 2 is 1.97 bits per heavy atom. The van der Waals surface area contributed by atoms with Gasteiger partial charge in [-0.25, -0.2) is 4.68 Å². The Hall–Kier alpha value is -3.56. The zero-order valence-corrected chi connectivity index (χ0v) is 20.2. The first-order valence-corrected chi connectivity index (χ1v) is 11.8. The third-order valence-corrected chi connectivity index (χ3v) is 6.44. The number of benzene rings is 2. The van der Waals surface area contributed by atoms with Crippen molar-refractivity contribution in [3.05, 3.63) is 76.0 Å². The van der Waals surface area contributed by atoms with E-state index in [2.05, 4.69) is 15.6 Å². The third-order valence-electron chi connectivity index (χ3n) is 5.51. The Morgan fingerprint density at radius 1 is 1.15 bits per heavy atom. The van der Waals surface area contributed by atoms with Gasteiger partial charge in [-0.05, 0) is 49.1 Å². The summed E-state index contributed by atoms with van der Waals surface area (Å²) >= 11 is 1.44. The monoisotopic (exact) mass is 477 g/mol. The van der Waals surface area contributed by atoms with Crippen molar-refractivity contribution in [2.24, 2.45) is 0 Å². The molecule has 2 heterocycles. The van der Waals surface area contributed by atoms with Crippen molar-refractivity contribution >= 4 is 39.9 Å². The lowest BCUT2D eigenvalue weighted by Gasteiger charge is -2.32. The molecule has 176 valence electrons. The van der Waals surface area contributed by atoms with Crippen molar-refractivity contribution in [1.29, 1.82) is 0 Å². The van der Waals surface area contributed by atoms with Crippen LogP contribution in [0.2, 0.25) is 0 Å². The van der Waals surface area contributed by atoms with Gasteiger partial charge in [-0.1, -0.05) is 41.1 Å². The van der Waals surface area contributed by atoms with Gasteiger partial charge in [0.1, 0.15) is 18.1 Å². The van der Waals surface area contributed by atoms with Gasteiger partial charge in [0, 0.05) is 24.2 Å². The van der Waals surface area contributed by atoms with E-state index >= 15 is 0 Å². The summed E-state index contributed by atoms with van der Waals surface area (Å²) in [5, 5.41) is 13.2. The van der Waals surface area contributed by atoms with Gasteiger partial charge in [0.05, 0.1) is 12.1 Å². The molecule has 2 amide bonds. The summed E-state index contributed by atoms with van der Waals surface area (Å²) in [6.45, 7) is 4.62. The molecule has 9 heteroatoms. The molecule has 4 aromatic rings. The zero-order chi connectivity index (χ0) is 24.1. The summed E-state index contributed by atoms with van der Waals surface area (Å²) in [5.41, 5.74) is 4.13. The second-order valence-electron chi connectivity index (χ2n) is 7.99. The van der Waals surface area contributed by atoms with Gasteiger partial charge >= 0.3 is 0 Å². The number of rotatable bonds is 9. The van der Waals surface area contributed by atoms with Crippen LogP contribution >= 0.6 is 11.3 Å². The maximum atomic E-state index is 13.9. The topological polar surface area (TPSA) is 89.4 Å². The van der Waals surface area contributed by atoms with Crippen molar-refractivity contribution in [3.63, 3.8) is 0 Å². The van der Waals surface area contributed by atoms with E-state index in [0.717, 1.165) is 21.5 Å². The highest BCUT2D eigenvalue weighted by Gasteiger charge is 2.34. The zero-order valence-electron chi connectivity index (χ0n) is 19.4. The maximum Gasteiger partial charge on any atom is 0.249 e. The SMILES string of the molecule is COCCNC(=O)C(c1cccs1)N(C(=O)Cn1nnc2ccccc21)c1ccc(C)cc1C. The molecule has 2 aromatic carbocycles. The molecule has 4 rings (SSSR count). The lowest BCUT2D eigenvalue weighted by atomic mass is 10.1. The van der Waals surface area contributed by atoms with Gasteiger partial charge in [-0.2, -0.15) is 0 Å². The fourth-order valence-corrected chi connectivity index (χ4v) is 4.74. The molecule has 0 radical (unpaired) electrons. The second kappa shape index (κ2) is 10.6. The van der Waals surface area contributed by atoms with Crippen molar-refractivity contribution in [2.45, 2.75) is 26.4 Å². The molecule has 0 fully saturated rings. The molecule has 1 N–H and O–H groups in total. The van der Waals surface area contributed by atoms with Crippen LogP contribution in [0.1, 0.15) is 22.0 Å². The standard InChI is InChI=1S/C25H27N5O3S/c1-17-10-11-20(18(2)15-17)30(23(31)16-29-21-8-5-4-7-19(21)27-28-29)24(22-9-6-14-34-22)25(32)26-12-13-33-3/h4-11,14-15,24H,12-13,16H2,1-3H3,(H,26,32). The molecule has 1 atom stereocenters. The number of ether oxygens (including phenoxy) is 1. The van der Waals surface area contributed by atoms with Crippen molar-refractivity contribution in [3.8, 4) is 0 Å². The quantitative estimate of drug-likeness (QED) is 0.372. The van der Waals surface area contributed by atoms with Crippen LogP contribution in [0.15, 0.2) is 60.0 Å². The van der Waals surface area contributed by atoms with E-state index in [1.54, 1.807) is 16.7 Å². The fourth-order valence-electron chi connectivity index (χ4n) is 3.93. The van der Waals surface area contributed by atoms with E-state index < -0.39 is 6.04 Å². The molecular formula is C25H27N5O3S. The molecule has 2 aromatic heterocycles. The minimum atomic E-state index is -0.833. The number of hydrogen-bond acceptors (Lipinski definition) is 6. The summed E-state index contributed by atoms with van der Waals surface area (Å²) in [7, 11) is 1.58. The largest absolute Gasteiger partial charge is 0.383 e. The molecule has 0 aliphatic heterocycles. The average molecular weight is 478 g/mol. The number of thiophene rings is 1. The summed E-state index contributed by atoms with van der Waals surface area (Å²) in [4.78, 5) is 29.7. The number of nitrogens with one attached hydrogen (secondary N) is 1. The highest BCUT2D eigenvalue weighted by molar-refractivity contribution is 7.10. The van der Waals surface area contributed by atoms with Crippen LogP contribution in [0, 0.1) is 13.8 Å². The van der Waals surface area contributed by atoms with E-state index in [9.17, 15) is 9.59 Å². The molecule has 8 nitrogen and oxygen atoms in total. The molecule has 0 bridgehead atoms. The van der Waals surface area contributed by atoms with Crippen LogP contribution in [-0.4, -0.2) is 47.1 Å². The number of aryl methyl sites for hydroxylation is 2. The summed E-state index contributed by atoms with van der Waals surface area (Å²) in [6.07, 6.45) is 0. The Balaban J connectivity index is 1.77. The minimum absolute atomic E-state index is 0.0545. The van der Waals surface area contributed by atoms with Gasteiger partial charge in [-0.3, -0.25) is 14.5 Å². The van der Waals surface area contributed by atoms with Gasteiger partial charge in [0.25, 0.3) is 0 Å². The van der Waals surface area contributed by atoms with Crippen LogP contribution in [0.3, 0.4) is 0 Å². The van der Waals surface area contributed by atoms with E-state index in [1.807, 2.05) is 73.8 Å².